The van der Waals surface area contributed by atoms with Gasteiger partial charge in [0.25, 0.3) is 5.91 Å². The molecule has 2 saturated heterocycles. The van der Waals surface area contributed by atoms with Gasteiger partial charge in [-0.1, -0.05) is 0 Å². The van der Waals surface area contributed by atoms with E-state index in [0.29, 0.717) is 41.7 Å². The highest BCUT2D eigenvalue weighted by atomic mass is 19.1. The van der Waals surface area contributed by atoms with Crippen molar-refractivity contribution in [3.63, 3.8) is 0 Å². The summed E-state index contributed by atoms with van der Waals surface area (Å²) in [6.07, 6.45) is 3.80. The lowest BCUT2D eigenvalue weighted by Crippen LogP contribution is -2.54. The van der Waals surface area contributed by atoms with Gasteiger partial charge < -0.3 is 25.2 Å². The van der Waals surface area contributed by atoms with Crippen molar-refractivity contribution in [1.82, 2.24) is 30.0 Å². The highest BCUT2D eigenvalue weighted by Crippen LogP contribution is 2.32. The van der Waals surface area contributed by atoms with Gasteiger partial charge in [-0.2, -0.15) is 10.1 Å². The van der Waals surface area contributed by atoms with Crippen LogP contribution in [0, 0.1) is 11.7 Å². The van der Waals surface area contributed by atoms with E-state index in [1.165, 1.54) is 10.7 Å². The number of aryl methyl sites for hydroxylation is 1. The monoisotopic (exact) mass is 560 g/mol. The number of fused-ring (bicyclic) bond motifs is 2. The third kappa shape index (κ3) is 5.39. The number of carbonyl (C=O) groups is 2. The number of anilines is 2. The fourth-order valence-electron chi connectivity index (χ4n) is 5.88. The molecule has 11 nitrogen and oxygen atoms in total. The number of nitrogens with one attached hydrogen (secondary N) is 2. The molecule has 2 fully saturated rings. The van der Waals surface area contributed by atoms with Crippen molar-refractivity contribution in [3.05, 3.63) is 48.0 Å². The predicted octanol–water partition coefficient (Wildman–Crippen LogP) is 2.95. The molecular weight excluding hydrogens is 527 g/mol. The SMILES string of the molecule is C[C@@H]1CN(c2ccc(C(=O)Nc3cc(F)c4nn(C)cc4c3)c3nc(OCC4CC(=O)N(C)C4)ncc23)C[C@H](C)N1. The van der Waals surface area contributed by atoms with Crippen LogP contribution in [0.15, 0.2) is 36.7 Å². The highest BCUT2D eigenvalue weighted by Gasteiger charge is 2.28. The Morgan fingerprint density at radius 2 is 1.93 bits per heavy atom. The summed E-state index contributed by atoms with van der Waals surface area (Å²) in [5.41, 5.74) is 2.23. The number of rotatable bonds is 6. The number of hydrogen-bond donors (Lipinski definition) is 2. The Morgan fingerprint density at radius 1 is 1.15 bits per heavy atom. The molecule has 0 bridgehead atoms. The van der Waals surface area contributed by atoms with E-state index in [9.17, 15) is 14.0 Å². The summed E-state index contributed by atoms with van der Waals surface area (Å²) in [7, 11) is 3.49. The van der Waals surface area contributed by atoms with Gasteiger partial charge >= 0.3 is 6.01 Å². The molecule has 0 saturated carbocycles. The Morgan fingerprint density at radius 3 is 2.66 bits per heavy atom. The maximum atomic E-state index is 14.7. The van der Waals surface area contributed by atoms with E-state index >= 15 is 0 Å². The second-order valence-electron chi connectivity index (χ2n) is 11.2. The summed E-state index contributed by atoms with van der Waals surface area (Å²) < 4.78 is 22.2. The molecule has 41 heavy (non-hydrogen) atoms. The lowest BCUT2D eigenvalue weighted by Gasteiger charge is -2.38. The molecule has 2 aliphatic rings. The van der Waals surface area contributed by atoms with Crippen LogP contribution in [0.3, 0.4) is 0 Å². The van der Waals surface area contributed by atoms with Crippen LogP contribution in [0.2, 0.25) is 0 Å². The topological polar surface area (TPSA) is 118 Å². The molecule has 2 aromatic heterocycles. The molecule has 0 aliphatic carbocycles. The van der Waals surface area contributed by atoms with E-state index in [2.05, 4.69) is 44.4 Å². The molecule has 4 heterocycles. The van der Waals surface area contributed by atoms with E-state index in [-0.39, 0.29) is 35.4 Å². The third-order valence-corrected chi connectivity index (χ3v) is 7.65. The van der Waals surface area contributed by atoms with Gasteiger partial charge in [-0.15, -0.1) is 0 Å². The van der Waals surface area contributed by atoms with Crippen molar-refractivity contribution in [2.45, 2.75) is 32.4 Å². The third-order valence-electron chi connectivity index (χ3n) is 7.65. The molecule has 2 aromatic carbocycles. The number of hydrogen-bond acceptors (Lipinski definition) is 8. The predicted molar refractivity (Wildman–Crippen MR) is 154 cm³/mol. The maximum Gasteiger partial charge on any atom is 0.316 e. The highest BCUT2D eigenvalue weighted by molar-refractivity contribution is 6.14. The minimum Gasteiger partial charge on any atom is -0.463 e. The first-order chi connectivity index (χ1) is 19.6. The molecular formula is C29H33FN8O3. The quantitative estimate of drug-likeness (QED) is 0.370. The Bertz CT molecular complexity index is 1650. The zero-order chi connectivity index (χ0) is 28.8. The van der Waals surface area contributed by atoms with Crippen LogP contribution < -0.4 is 20.3 Å². The van der Waals surface area contributed by atoms with Crippen molar-refractivity contribution in [2.75, 3.05) is 43.5 Å². The number of piperazine rings is 1. The first kappa shape index (κ1) is 26.9. The Kier molecular flexibility index (Phi) is 6.94. The van der Waals surface area contributed by atoms with Crippen molar-refractivity contribution in [2.24, 2.45) is 13.0 Å². The summed E-state index contributed by atoms with van der Waals surface area (Å²) in [6, 6.07) is 7.30. The minimum absolute atomic E-state index is 0.0435. The lowest BCUT2D eigenvalue weighted by atomic mass is 10.0. The average molecular weight is 561 g/mol. The number of benzene rings is 2. The number of likely N-dealkylation sites (tertiary alicyclic amines) is 1. The molecule has 2 N–H and O–H groups in total. The molecule has 2 amide bonds. The smallest absolute Gasteiger partial charge is 0.316 e. The number of amides is 2. The van der Waals surface area contributed by atoms with E-state index in [4.69, 9.17) is 4.74 Å². The largest absolute Gasteiger partial charge is 0.463 e. The molecule has 214 valence electrons. The average Bonchev–Trinajstić information content (AvgIpc) is 3.46. The summed E-state index contributed by atoms with van der Waals surface area (Å²) in [4.78, 5) is 38.6. The zero-order valence-corrected chi connectivity index (χ0v) is 23.5. The summed E-state index contributed by atoms with van der Waals surface area (Å²) >= 11 is 0. The van der Waals surface area contributed by atoms with Crippen molar-refractivity contribution >= 4 is 45.0 Å². The molecule has 1 unspecified atom stereocenters. The summed E-state index contributed by atoms with van der Waals surface area (Å²) in [6.45, 7) is 6.76. The first-order valence-electron chi connectivity index (χ1n) is 13.8. The Balaban J connectivity index is 1.34. The Hall–Kier alpha value is -4.32. The van der Waals surface area contributed by atoms with Crippen LogP contribution in [-0.4, -0.2) is 81.8 Å². The van der Waals surface area contributed by atoms with Crippen molar-refractivity contribution in [3.8, 4) is 6.01 Å². The first-order valence-corrected chi connectivity index (χ1v) is 13.8. The van der Waals surface area contributed by atoms with Gasteiger partial charge in [0.05, 0.1) is 17.7 Å². The number of aromatic nitrogens is 4. The van der Waals surface area contributed by atoms with Crippen LogP contribution in [0.4, 0.5) is 15.8 Å². The normalized spacial score (nSPS) is 21.2. The fourth-order valence-corrected chi connectivity index (χ4v) is 5.88. The van der Waals surface area contributed by atoms with Crippen LogP contribution in [-0.2, 0) is 11.8 Å². The fraction of sp³-hybridized carbons (Fsp3) is 0.414. The lowest BCUT2D eigenvalue weighted by molar-refractivity contribution is -0.126. The van der Waals surface area contributed by atoms with Crippen molar-refractivity contribution in [1.29, 1.82) is 0 Å². The van der Waals surface area contributed by atoms with Crippen LogP contribution >= 0.6 is 0 Å². The molecule has 4 aromatic rings. The van der Waals surface area contributed by atoms with Gasteiger partial charge in [-0.05, 0) is 38.1 Å². The van der Waals surface area contributed by atoms with E-state index < -0.39 is 11.7 Å². The molecule has 0 radical (unpaired) electrons. The zero-order valence-electron chi connectivity index (χ0n) is 23.5. The van der Waals surface area contributed by atoms with Gasteiger partial charge in [0, 0.05) is 92.7 Å². The molecule has 0 spiro atoms. The van der Waals surface area contributed by atoms with Crippen molar-refractivity contribution < 1.29 is 18.7 Å². The molecule has 6 rings (SSSR count). The van der Waals surface area contributed by atoms with Gasteiger partial charge in [0.2, 0.25) is 5.91 Å². The van der Waals surface area contributed by atoms with Crippen LogP contribution in [0.25, 0.3) is 21.8 Å². The second-order valence-corrected chi connectivity index (χ2v) is 11.2. The van der Waals surface area contributed by atoms with Crippen LogP contribution in [0.1, 0.15) is 30.6 Å². The second kappa shape index (κ2) is 10.6. The standard InChI is InChI=1S/C29H33FN8O3/c1-16-11-38(12-17(2)32-16)24-6-5-21(28(40)33-20-8-19-14-37(4)35-26(19)23(30)9-20)27-22(24)10-31-29(34-27)41-15-18-7-25(39)36(3)13-18/h5-6,8-10,14,16-18,32H,7,11-13,15H2,1-4H3,(H,33,40)/t16-,17+,18?. The van der Waals surface area contributed by atoms with E-state index in [0.717, 1.165) is 24.2 Å². The van der Waals surface area contributed by atoms with E-state index in [1.807, 2.05) is 6.07 Å². The van der Waals surface area contributed by atoms with E-state index in [1.54, 1.807) is 43.5 Å². The minimum atomic E-state index is -0.519. The molecule has 2 aliphatic heterocycles. The summed E-state index contributed by atoms with van der Waals surface area (Å²) in [5.74, 6) is -0.822. The maximum absolute atomic E-state index is 14.7. The Labute approximate surface area is 236 Å². The number of ether oxygens (including phenoxy) is 1. The molecule has 3 atom stereocenters. The number of carbonyl (C=O) groups excluding carboxylic acids is 2. The van der Waals surface area contributed by atoms with Gasteiger partial charge in [-0.25, -0.2) is 9.37 Å². The summed E-state index contributed by atoms with van der Waals surface area (Å²) in [5, 5.41) is 11.8. The molecule has 12 heteroatoms. The van der Waals surface area contributed by atoms with Gasteiger partial charge in [-0.3, -0.25) is 14.3 Å². The number of nitrogens with zero attached hydrogens (tertiary/aromatic N) is 6. The van der Waals surface area contributed by atoms with Gasteiger partial charge in [0.15, 0.2) is 5.82 Å². The number of halogens is 1. The van der Waals surface area contributed by atoms with Gasteiger partial charge in [0.1, 0.15) is 5.52 Å². The van der Waals surface area contributed by atoms with Crippen LogP contribution in [0.5, 0.6) is 6.01 Å².